The summed E-state index contributed by atoms with van der Waals surface area (Å²) in [4.78, 5) is 4.45. The molecule has 1 saturated heterocycles. The Bertz CT molecular complexity index is 821. The van der Waals surface area contributed by atoms with Gasteiger partial charge in [-0.3, -0.25) is 4.98 Å². The van der Waals surface area contributed by atoms with Gasteiger partial charge in [-0.25, -0.2) is 12.7 Å². The van der Waals surface area contributed by atoms with E-state index in [1.54, 1.807) is 17.6 Å². The van der Waals surface area contributed by atoms with Crippen LogP contribution < -0.4 is 10.1 Å². The number of ether oxygens (including phenoxy) is 1. The zero-order valence-electron chi connectivity index (χ0n) is 13.4. The average molecular weight is 335 g/mol. The van der Waals surface area contributed by atoms with Crippen LogP contribution >= 0.6 is 0 Å². The van der Waals surface area contributed by atoms with Crippen LogP contribution in [0.15, 0.2) is 24.4 Å². The van der Waals surface area contributed by atoms with Crippen LogP contribution in [-0.4, -0.2) is 50.2 Å². The number of aryl methyl sites for hydroxylation is 1. The molecule has 0 spiro atoms. The molecule has 3 rings (SSSR count). The molecular weight excluding hydrogens is 314 g/mol. The summed E-state index contributed by atoms with van der Waals surface area (Å²) in [6, 6.07) is 5.80. The van der Waals surface area contributed by atoms with Crippen LogP contribution in [0.5, 0.6) is 5.75 Å². The van der Waals surface area contributed by atoms with E-state index in [0.717, 1.165) is 34.3 Å². The Balaban J connectivity index is 1.81. The van der Waals surface area contributed by atoms with Crippen molar-refractivity contribution in [3.63, 3.8) is 0 Å². The predicted octanol–water partition coefficient (Wildman–Crippen LogP) is 2.00. The largest absolute Gasteiger partial charge is 0.494 e. The molecule has 1 N–H and O–H groups in total. The molecule has 1 fully saturated rings. The third-order valence-corrected chi connectivity index (χ3v) is 6.09. The number of anilines is 1. The van der Waals surface area contributed by atoms with Crippen molar-refractivity contribution < 1.29 is 13.2 Å². The number of pyridine rings is 1. The molecule has 0 unspecified atom stereocenters. The Morgan fingerprint density at radius 1 is 1.39 bits per heavy atom. The minimum Gasteiger partial charge on any atom is -0.494 e. The number of fused-ring (bicyclic) bond motifs is 1. The first-order chi connectivity index (χ1) is 11.0. The molecule has 1 aliphatic rings. The standard InChI is InChI=1S/C16H21N3O3S/c1-12-11-18-16-13(5-3-6-14(16)22-2)15(12)17-7-9-19-8-4-10-23(19,20)21/h3,5-6,11H,4,7-10H2,1-2H3,(H,17,18). The topological polar surface area (TPSA) is 71.5 Å². The molecule has 2 aromatic rings. The Morgan fingerprint density at radius 2 is 2.22 bits per heavy atom. The summed E-state index contributed by atoms with van der Waals surface area (Å²) in [7, 11) is -1.42. The van der Waals surface area contributed by atoms with E-state index in [2.05, 4.69) is 10.3 Å². The second-order valence-corrected chi connectivity index (χ2v) is 7.76. The molecule has 0 bridgehead atoms. The highest BCUT2D eigenvalue weighted by atomic mass is 32.2. The van der Waals surface area contributed by atoms with Gasteiger partial charge in [0.1, 0.15) is 11.3 Å². The van der Waals surface area contributed by atoms with Gasteiger partial charge in [0.05, 0.1) is 12.9 Å². The Hall–Kier alpha value is -1.86. The smallest absolute Gasteiger partial charge is 0.214 e. The lowest BCUT2D eigenvalue weighted by Gasteiger charge is -2.17. The van der Waals surface area contributed by atoms with E-state index in [9.17, 15) is 8.42 Å². The van der Waals surface area contributed by atoms with Crippen molar-refractivity contribution >= 4 is 26.6 Å². The summed E-state index contributed by atoms with van der Waals surface area (Å²) in [6.07, 6.45) is 2.52. The van der Waals surface area contributed by atoms with Crippen molar-refractivity contribution in [3.8, 4) is 5.75 Å². The maximum absolute atomic E-state index is 11.8. The summed E-state index contributed by atoms with van der Waals surface area (Å²) >= 11 is 0. The van der Waals surface area contributed by atoms with Gasteiger partial charge in [-0.2, -0.15) is 0 Å². The number of nitrogens with zero attached hydrogens (tertiary/aromatic N) is 2. The molecular formula is C16H21N3O3S. The molecule has 0 amide bonds. The number of nitrogens with one attached hydrogen (secondary N) is 1. The predicted molar refractivity (Wildman–Crippen MR) is 91.5 cm³/mol. The minimum atomic E-state index is -3.04. The van der Waals surface area contributed by atoms with Crippen molar-refractivity contribution in [2.75, 3.05) is 37.8 Å². The third kappa shape index (κ3) is 3.11. The van der Waals surface area contributed by atoms with Crippen molar-refractivity contribution in [3.05, 3.63) is 30.0 Å². The summed E-state index contributed by atoms with van der Waals surface area (Å²) in [6.45, 7) is 3.65. The van der Waals surface area contributed by atoms with Crippen LogP contribution in [0, 0.1) is 6.92 Å². The number of hydrogen-bond acceptors (Lipinski definition) is 5. The zero-order valence-corrected chi connectivity index (χ0v) is 14.2. The first-order valence-corrected chi connectivity index (χ1v) is 9.28. The molecule has 0 saturated carbocycles. The third-order valence-electron chi connectivity index (χ3n) is 4.14. The van der Waals surface area contributed by atoms with Crippen LogP contribution in [-0.2, 0) is 10.0 Å². The Kier molecular flexibility index (Phi) is 4.41. The van der Waals surface area contributed by atoms with Gasteiger partial charge in [-0.05, 0) is 25.0 Å². The monoisotopic (exact) mass is 335 g/mol. The molecule has 0 atom stereocenters. The average Bonchev–Trinajstić information content (AvgIpc) is 2.87. The van der Waals surface area contributed by atoms with Crippen LogP contribution in [0.2, 0.25) is 0 Å². The summed E-state index contributed by atoms with van der Waals surface area (Å²) in [5.41, 5.74) is 2.80. The minimum absolute atomic E-state index is 0.265. The van der Waals surface area contributed by atoms with E-state index >= 15 is 0 Å². The first-order valence-electron chi connectivity index (χ1n) is 7.67. The van der Waals surface area contributed by atoms with Crippen molar-refractivity contribution in [1.29, 1.82) is 0 Å². The lowest BCUT2D eigenvalue weighted by molar-refractivity contribution is 0.419. The van der Waals surface area contributed by atoms with Gasteiger partial charge in [0.2, 0.25) is 10.0 Å². The van der Waals surface area contributed by atoms with E-state index < -0.39 is 10.0 Å². The van der Waals surface area contributed by atoms with Crippen LogP contribution in [0.3, 0.4) is 0 Å². The lowest BCUT2D eigenvalue weighted by atomic mass is 10.1. The number of hydrogen-bond donors (Lipinski definition) is 1. The van der Waals surface area contributed by atoms with Gasteiger partial charge in [0.25, 0.3) is 0 Å². The molecule has 0 radical (unpaired) electrons. The van der Waals surface area contributed by atoms with Crippen molar-refractivity contribution in [2.24, 2.45) is 0 Å². The van der Waals surface area contributed by atoms with E-state index in [1.165, 1.54) is 0 Å². The van der Waals surface area contributed by atoms with Gasteiger partial charge in [0, 0.05) is 36.9 Å². The first kappa shape index (κ1) is 16.0. The highest BCUT2D eigenvalue weighted by Gasteiger charge is 2.27. The Morgan fingerprint density at radius 3 is 2.91 bits per heavy atom. The number of rotatable bonds is 5. The van der Waals surface area contributed by atoms with Gasteiger partial charge in [-0.15, -0.1) is 0 Å². The maximum Gasteiger partial charge on any atom is 0.214 e. The fraction of sp³-hybridized carbons (Fsp3) is 0.438. The highest BCUT2D eigenvalue weighted by molar-refractivity contribution is 7.89. The SMILES string of the molecule is COc1cccc2c(NCCN3CCCS3(=O)=O)c(C)cnc12. The fourth-order valence-electron chi connectivity index (χ4n) is 2.94. The number of sulfonamides is 1. The van der Waals surface area contributed by atoms with Crippen LogP contribution in [0.4, 0.5) is 5.69 Å². The quantitative estimate of drug-likeness (QED) is 0.905. The maximum atomic E-state index is 11.8. The number of methoxy groups -OCH3 is 1. The molecule has 124 valence electrons. The van der Waals surface area contributed by atoms with Gasteiger partial charge in [0.15, 0.2) is 0 Å². The van der Waals surface area contributed by atoms with E-state index in [0.29, 0.717) is 19.6 Å². The van der Waals surface area contributed by atoms with E-state index in [4.69, 9.17) is 4.74 Å². The fourth-order valence-corrected chi connectivity index (χ4v) is 4.47. The molecule has 1 aromatic carbocycles. The van der Waals surface area contributed by atoms with E-state index in [1.807, 2.05) is 25.1 Å². The van der Waals surface area contributed by atoms with Gasteiger partial charge >= 0.3 is 0 Å². The normalized spacial score (nSPS) is 17.5. The van der Waals surface area contributed by atoms with Gasteiger partial charge < -0.3 is 10.1 Å². The lowest BCUT2D eigenvalue weighted by Crippen LogP contribution is -2.30. The van der Waals surface area contributed by atoms with Crippen molar-refractivity contribution in [2.45, 2.75) is 13.3 Å². The number of aromatic nitrogens is 1. The molecule has 1 aliphatic heterocycles. The van der Waals surface area contributed by atoms with Gasteiger partial charge in [-0.1, -0.05) is 12.1 Å². The number of benzene rings is 1. The molecule has 6 nitrogen and oxygen atoms in total. The second kappa shape index (κ2) is 6.33. The highest BCUT2D eigenvalue weighted by Crippen LogP contribution is 2.31. The van der Waals surface area contributed by atoms with Crippen LogP contribution in [0.1, 0.15) is 12.0 Å². The van der Waals surface area contributed by atoms with E-state index in [-0.39, 0.29) is 5.75 Å². The molecule has 2 heterocycles. The summed E-state index contributed by atoms with van der Waals surface area (Å²) < 4.78 is 30.6. The molecule has 7 heteroatoms. The van der Waals surface area contributed by atoms with Crippen molar-refractivity contribution in [1.82, 2.24) is 9.29 Å². The second-order valence-electron chi connectivity index (χ2n) is 5.67. The molecule has 1 aromatic heterocycles. The molecule has 0 aliphatic carbocycles. The Labute approximate surface area is 136 Å². The number of para-hydroxylation sites is 1. The molecule has 23 heavy (non-hydrogen) atoms. The van der Waals surface area contributed by atoms with Crippen LogP contribution in [0.25, 0.3) is 10.9 Å². The summed E-state index contributed by atoms with van der Waals surface area (Å²) in [5, 5.41) is 4.35. The zero-order chi connectivity index (χ0) is 16.4. The summed E-state index contributed by atoms with van der Waals surface area (Å²) in [5.74, 6) is 0.995.